The Morgan fingerprint density at radius 1 is 1.04 bits per heavy atom. The minimum Gasteiger partial charge on any atom is -0.497 e. The molecule has 0 fully saturated rings. The van der Waals surface area contributed by atoms with Crippen molar-refractivity contribution in [1.82, 2.24) is 5.32 Å². The van der Waals surface area contributed by atoms with Crippen LogP contribution < -0.4 is 20.1 Å². The number of rotatable bonds is 7. The van der Waals surface area contributed by atoms with E-state index >= 15 is 0 Å². The molecule has 6 nitrogen and oxygen atoms in total. The third-order valence-electron chi connectivity index (χ3n) is 3.29. The van der Waals surface area contributed by atoms with Crippen LogP contribution in [-0.4, -0.2) is 38.3 Å². The summed E-state index contributed by atoms with van der Waals surface area (Å²) in [7, 11) is 1.51. The number of benzene rings is 2. The zero-order valence-electron chi connectivity index (χ0n) is 14.3. The largest absolute Gasteiger partial charge is 0.497 e. The molecule has 9 heteroatoms. The van der Waals surface area contributed by atoms with Crippen molar-refractivity contribution in [1.29, 1.82) is 0 Å². The number of methoxy groups -OCH3 is 1. The Kier molecular flexibility index (Phi) is 6.64. The number of ether oxygens (including phenoxy) is 2. The average Bonchev–Trinajstić information content (AvgIpc) is 2.64. The molecule has 0 heterocycles. The second-order valence-electron chi connectivity index (χ2n) is 5.39. The Balaban J connectivity index is 1.83. The maximum Gasteiger partial charge on any atom is 0.405 e. The Labute approximate surface area is 153 Å². The highest BCUT2D eigenvalue weighted by Gasteiger charge is 2.27. The first kappa shape index (κ1) is 20.1. The summed E-state index contributed by atoms with van der Waals surface area (Å²) >= 11 is 0. The molecule has 0 aliphatic carbocycles. The predicted molar refractivity (Wildman–Crippen MR) is 91.9 cm³/mol. The van der Waals surface area contributed by atoms with Crippen LogP contribution in [0.2, 0.25) is 0 Å². The van der Waals surface area contributed by atoms with Gasteiger partial charge in [0.2, 0.25) is 0 Å². The number of carbonyl (C=O) groups excluding carboxylic acids is 2. The Hall–Kier alpha value is -3.23. The number of anilines is 1. The Morgan fingerprint density at radius 3 is 2.37 bits per heavy atom. The Bertz CT molecular complexity index is 792. The van der Waals surface area contributed by atoms with Gasteiger partial charge in [0, 0.05) is 17.3 Å². The van der Waals surface area contributed by atoms with Crippen molar-refractivity contribution in [2.45, 2.75) is 6.18 Å². The van der Waals surface area contributed by atoms with Gasteiger partial charge < -0.3 is 20.1 Å². The van der Waals surface area contributed by atoms with E-state index in [1.165, 1.54) is 31.4 Å². The molecule has 144 valence electrons. The highest BCUT2D eigenvalue weighted by atomic mass is 19.4. The van der Waals surface area contributed by atoms with Crippen molar-refractivity contribution >= 4 is 17.5 Å². The number of carbonyl (C=O) groups is 2. The van der Waals surface area contributed by atoms with Crippen molar-refractivity contribution in [2.24, 2.45) is 0 Å². The summed E-state index contributed by atoms with van der Waals surface area (Å²) in [5, 5.41) is 4.40. The molecule has 0 aliphatic heterocycles. The zero-order chi connectivity index (χ0) is 19.9. The van der Waals surface area contributed by atoms with Crippen molar-refractivity contribution in [3.05, 3.63) is 54.1 Å². The van der Waals surface area contributed by atoms with E-state index in [4.69, 9.17) is 9.47 Å². The molecule has 0 aromatic heterocycles. The SMILES string of the molecule is COc1cccc(NC(=O)COc2ccc(C(=O)NCC(F)(F)F)cc2)c1. The van der Waals surface area contributed by atoms with Crippen LogP contribution in [0.25, 0.3) is 0 Å². The second kappa shape index (κ2) is 8.93. The third kappa shape index (κ3) is 6.89. The molecule has 0 radical (unpaired) electrons. The summed E-state index contributed by atoms with van der Waals surface area (Å²) in [5.74, 6) is -0.374. The van der Waals surface area contributed by atoms with Gasteiger partial charge in [0.25, 0.3) is 11.8 Å². The lowest BCUT2D eigenvalue weighted by atomic mass is 10.2. The summed E-state index contributed by atoms with van der Waals surface area (Å²) in [5.41, 5.74) is 0.590. The minimum absolute atomic E-state index is 0.0485. The highest BCUT2D eigenvalue weighted by Crippen LogP contribution is 2.17. The number of halogens is 3. The lowest BCUT2D eigenvalue weighted by Gasteiger charge is -2.10. The number of hydrogen-bond donors (Lipinski definition) is 2. The van der Waals surface area contributed by atoms with E-state index in [0.29, 0.717) is 17.2 Å². The van der Waals surface area contributed by atoms with E-state index in [1.54, 1.807) is 29.6 Å². The van der Waals surface area contributed by atoms with E-state index in [0.717, 1.165) is 0 Å². The number of hydrogen-bond acceptors (Lipinski definition) is 4. The summed E-state index contributed by atoms with van der Waals surface area (Å²) in [6.07, 6.45) is -4.48. The first-order valence-electron chi connectivity index (χ1n) is 7.78. The van der Waals surface area contributed by atoms with Gasteiger partial charge >= 0.3 is 6.18 Å². The molecule has 2 amide bonds. The summed E-state index contributed by atoms with van der Waals surface area (Å²) in [4.78, 5) is 23.5. The molecule has 27 heavy (non-hydrogen) atoms. The predicted octanol–water partition coefficient (Wildman–Crippen LogP) is 3.00. The molecule has 2 N–H and O–H groups in total. The molecule has 0 spiro atoms. The zero-order valence-corrected chi connectivity index (χ0v) is 14.3. The molecule has 0 unspecified atom stereocenters. The first-order chi connectivity index (χ1) is 12.8. The van der Waals surface area contributed by atoms with Gasteiger partial charge in [0.15, 0.2) is 6.61 Å². The van der Waals surface area contributed by atoms with Crippen molar-refractivity contribution in [3.63, 3.8) is 0 Å². The standard InChI is InChI=1S/C18H17F3N2O4/c1-26-15-4-2-3-13(9-15)23-16(24)10-27-14-7-5-12(6-8-14)17(25)22-11-18(19,20)21/h2-9H,10-11H2,1H3,(H,22,25)(H,23,24). The molecular weight excluding hydrogens is 365 g/mol. The Morgan fingerprint density at radius 2 is 1.74 bits per heavy atom. The summed E-state index contributed by atoms with van der Waals surface area (Å²) in [6.45, 7) is -1.69. The van der Waals surface area contributed by atoms with Gasteiger partial charge in [0.1, 0.15) is 18.0 Å². The summed E-state index contributed by atoms with van der Waals surface area (Å²) < 4.78 is 46.6. The summed E-state index contributed by atoms with van der Waals surface area (Å²) in [6, 6.07) is 12.2. The van der Waals surface area contributed by atoms with Gasteiger partial charge in [-0.25, -0.2) is 0 Å². The molecule has 2 aromatic carbocycles. The van der Waals surface area contributed by atoms with Gasteiger partial charge in [-0.05, 0) is 36.4 Å². The molecular formula is C18H17F3N2O4. The maximum absolute atomic E-state index is 12.1. The van der Waals surface area contributed by atoms with Gasteiger partial charge in [-0.1, -0.05) is 6.07 Å². The minimum atomic E-state index is -4.48. The van der Waals surface area contributed by atoms with Crippen LogP contribution in [0.15, 0.2) is 48.5 Å². The van der Waals surface area contributed by atoms with Crippen molar-refractivity contribution < 1.29 is 32.2 Å². The van der Waals surface area contributed by atoms with Crippen LogP contribution in [-0.2, 0) is 4.79 Å². The van der Waals surface area contributed by atoms with Crippen LogP contribution in [0, 0.1) is 0 Å². The van der Waals surface area contributed by atoms with Crippen LogP contribution in [0.1, 0.15) is 10.4 Å². The van der Waals surface area contributed by atoms with Crippen molar-refractivity contribution in [2.75, 3.05) is 25.6 Å². The van der Waals surface area contributed by atoms with Crippen LogP contribution >= 0.6 is 0 Å². The molecule has 0 bridgehead atoms. The van der Waals surface area contributed by atoms with Crippen molar-refractivity contribution in [3.8, 4) is 11.5 Å². The van der Waals surface area contributed by atoms with Gasteiger partial charge in [-0.3, -0.25) is 9.59 Å². The topological polar surface area (TPSA) is 76.7 Å². The quantitative estimate of drug-likeness (QED) is 0.772. The van der Waals surface area contributed by atoms with Gasteiger partial charge in [0.05, 0.1) is 7.11 Å². The fraction of sp³-hybridized carbons (Fsp3) is 0.222. The van der Waals surface area contributed by atoms with Crippen LogP contribution in [0.3, 0.4) is 0 Å². The molecule has 2 rings (SSSR count). The maximum atomic E-state index is 12.1. The van der Waals surface area contributed by atoms with E-state index in [1.807, 2.05) is 0 Å². The molecule has 0 aliphatic rings. The third-order valence-corrected chi connectivity index (χ3v) is 3.29. The number of amides is 2. The molecule has 0 saturated heterocycles. The second-order valence-corrected chi connectivity index (χ2v) is 5.39. The fourth-order valence-electron chi connectivity index (χ4n) is 2.03. The van der Waals surface area contributed by atoms with Crippen LogP contribution in [0.4, 0.5) is 18.9 Å². The monoisotopic (exact) mass is 382 g/mol. The number of alkyl halides is 3. The van der Waals surface area contributed by atoms with E-state index in [2.05, 4.69) is 5.32 Å². The first-order valence-corrected chi connectivity index (χ1v) is 7.78. The fourth-order valence-corrected chi connectivity index (χ4v) is 2.03. The molecule has 2 aromatic rings. The molecule has 0 atom stereocenters. The smallest absolute Gasteiger partial charge is 0.405 e. The number of nitrogens with one attached hydrogen (secondary N) is 2. The lowest BCUT2D eigenvalue weighted by Crippen LogP contribution is -2.33. The molecule has 0 saturated carbocycles. The van der Waals surface area contributed by atoms with Gasteiger partial charge in [-0.15, -0.1) is 0 Å². The van der Waals surface area contributed by atoms with Crippen LogP contribution in [0.5, 0.6) is 11.5 Å². The average molecular weight is 382 g/mol. The normalized spacial score (nSPS) is 10.8. The van der Waals surface area contributed by atoms with E-state index in [9.17, 15) is 22.8 Å². The van der Waals surface area contributed by atoms with Gasteiger partial charge in [-0.2, -0.15) is 13.2 Å². The van der Waals surface area contributed by atoms with E-state index in [-0.39, 0.29) is 12.2 Å². The highest BCUT2D eigenvalue weighted by molar-refractivity contribution is 5.94. The van der Waals surface area contributed by atoms with E-state index < -0.39 is 24.5 Å². The lowest BCUT2D eigenvalue weighted by molar-refractivity contribution is -0.123.